The van der Waals surface area contributed by atoms with Crippen molar-refractivity contribution < 1.29 is 22.3 Å². The molecule has 0 bridgehead atoms. The number of halogens is 1. The summed E-state index contributed by atoms with van der Waals surface area (Å²) in [4.78, 5) is 14.5. The Balaban J connectivity index is 1.81. The van der Waals surface area contributed by atoms with Gasteiger partial charge in [0.15, 0.2) is 0 Å². The van der Waals surface area contributed by atoms with E-state index in [0.29, 0.717) is 43.2 Å². The summed E-state index contributed by atoms with van der Waals surface area (Å²) in [6.45, 7) is 4.00. The third-order valence-electron chi connectivity index (χ3n) is 4.59. The van der Waals surface area contributed by atoms with Crippen molar-refractivity contribution >= 4 is 27.3 Å². The summed E-state index contributed by atoms with van der Waals surface area (Å²) in [5.41, 5.74) is 1.56. The monoisotopic (exact) mass is 407 g/mol. The zero-order valence-corrected chi connectivity index (χ0v) is 16.5. The van der Waals surface area contributed by atoms with Crippen LogP contribution in [0.15, 0.2) is 41.3 Å². The molecule has 0 aliphatic carbocycles. The first-order valence-electron chi connectivity index (χ1n) is 8.79. The average Bonchev–Trinajstić information content (AvgIpc) is 2.69. The first-order chi connectivity index (χ1) is 13.3. The number of carbonyl (C=O) groups is 1. The molecule has 1 amide bonds. The summed E-state index contributed by atoms with van der Waals surface area (Å²) in [7, 11) is -2.38. The van der Waals surface area contributed by atoms with Crippen LogP contribution in [0.2, 0.25) is 0 Å². The lowest BCUT2D eigenvalue weighted by Gasteiger charge is -2.29. The molecule has 0 atom stereocenters. The topological polar surface area (TPSA) is 87.7 Å². The fourth-order valence-corrected chi connectivity index (χ4v) is 3.73. The van der Waals surface area contributed by atoms with Gasteiger partial charge in [-0.15, -0.1) is 0 Å². The Morgan fingerprint density at radius 3 is 2.50 bits per heavy atom. The van der Waals surface area contributed by atoms with Crippen molar-refractivity contribution in [3.05, 3.63) is 53.3 Å². The number of nitrogens with zero attached hydrogens (tertiary/aromatic N) is 1. The van der Waals surface area contributed by atoms with E-state index in [1.54, 1.807) is 25.1 Å². The van der Waals surface area contributed by atoms with E-state index in [1.165, 1.54) is 25.2 Å². The number of hydrogen-bond acceptors (Lipinski definition) is 5. The largest absolute Gasteiger partial charge is 0.378 e. The van der Waals surface area contributed by atoms with Gasteiger partial charge in [0, 0.05) is 24.3 Å². The van der Waals surface area contributed by atoms with Gasteiger partial charge < -0.3 is 15.0 Å². The van der Waals surface area contributed by atoms with Gasteiger partial charge in [0.05, 0.1) is 23.8 Å². The number of anilines is 2. The van der Waals surface area contributed by atoms with Crippen LogP contribution in [0.3, 0.4) is 0 Å². The van der Waals surface area contributed by atoms with E-state index >= 15 is 0 Å². The number of aryl methyl sites for hydroxylation is 1. The second-order valence-electron chi connectivity index (χ2n) is 6.40. The Labute approximate surface area is 163 Å². The molecule has 0 unspecified atom stereocenters. The molecule has 7 nitrogen and oxygen atoms in total. The fourth-order valence-electron chi connectivity index (χ4n) is 2.97. The zero-order chi connectivity index (χ0) is 20.3. The maximum absolute atomic E-state index is 14.5. The highest BCUT2D eigenvalue weighted by atomic mass is 32.2. The van der Waals surface area contributed by atoms with Gasteiger partial charge in [0.1, 0.15) is 5.82 Å². The lowest BCUT2D eigenvalue weighted by Crippen LogP contribution is -2.36. The molecule has 1 heterocycles. The highest BCUT2D eigenvalue weighted by Crippen LogP contribution is 2.24. The third kappa shape index (κ3) is 4.32. The molecule has 1 aliphatic rings. The molecule has 2 aromatic carbocycles. The molecule has 150 valence electrons. The molecule has 1 aliphatic heterocycles. The summed E-state index contributed by atoms with van der Waals surface area (Å²) in [5.74, 6) is -0.952. The quantitative estimate of drug-likeness (QED) is 0.793. The van der Waals surface area contributed by atoms with Crippen molar-refractivity contribution in [3.63, 3.8) is 0 Å². The fraction of sp³-hybridized carbons (Fsp3) is 0.316. The van der Waals surface area contributed by atoms with Crippen LogP contribution in [0, 0.1) is 12.7 Å². The first-order valence-corrected chi connectivity index (χ1v) is 10.3. The molecule has 0 radical (unpaired) electrons. The maximum Gasteiger partial charge on any atom is 0.255 e. The molecule has 1 saturated heterocycles. The number of ether oxygens (including phenoxy) is 1. The number of sulfonamides is 1. The smallest absolute Gasteiger partial charge is 0.255 e. The molecule has 9 heteroatoms. The van der Waals surface area contributed by atoms with E-state index < -0.39 is 21.7 Å². The molecular formula is C19H22FN3O4S. The van der Waals surface area contributed by atoms with Crippen LogP contribution in [-0.4, -0.2) is 47.7 Å². The predicted octanol–water partition coefficient (Wildman–Crippen LogP) is 2.13. The number of hydrogen-bond donors (Lipinski definition) is 2. The number of amides is 1. The normalized spacial score (nSPS) is 14.8. The minimum absolute atomic E-state index is 0.0143. The van der Waals surface area contributed by atoms with Crippen molar-refractivity contribution in [3.8, 4) is 0 Å². The van der Waals surface area contributed by atoms with Gasteiger partial charge in [-0.2, -0.15) is 0 Å². The van der Waals surface area contributed by atoms with Gasteiger partial charge in [-0.05, 0) is 49.9 Å². The number of nitrogens with one attached hydrogen (secondary N) is 2. The van der Waals surface area contributed by atoms with Crippen LogP contribution >= 0.6 is 0 Å². The van der Waals surface area contributed by atoms with E-state index in [1.807, 2.05) is 4.90 Å². The summed E-state index contributed by atoms with van der Waals surface area (Å²) in [6, 6.07) is 8.78. The molecule has 2 aromatic rings. The van der Waals surface area contributed by atoms with E-state index in [-0.39, 0.29) is 10.5 Å². The number of rotatable bonds is 5. The van der Waals surface area contributed by atoms with E-state index in [9.17, 15) is 17.6 Å². The van der Waals surface area contributed by atoms with E-state index in [2.05, 4.69) is 10.0 Å². The van der Waals surface area contributed by atoms with Crippen LogP contribution in [0.25, 0.3) is 0 Å². The van der Waals surface area contributed by atoms with Gasteiger partial charge in [-0.1, -0.05) is 6.07 Å². The van der Waals surface area contributed by atoms with Crippen LogP contribution in [-0.2, 0) is 14.8 Å². The summed E-state index contributed by atoms with van der Waals surface area (Å²) >= 11 is 0. The molecule has 1 fully saturated rings. The zero-order valence-electron chi connectivity index (χ0n) is 15.7. The maximum atomic E-state index is 14.5. The lowest BCUT2D eigenvalue weighted by molar-refractivity contribution is 0.102. The summed E-state index contributed by atoms with van der Waals surface area (Å²) in [6.07, 6.45) is 0. The van der Waals surface area contributed by atoms with Crippen molar-refractivity contribution in [2.24, 2.45) is 0 Å². The average molecular weight is 407 g/mol. The first kappa shape index (κ1) is 20.2. The standard InChI is InChI=1S/C19H22FN3O4S/c1-13-3-5-15(28(25,26)21-2)12-16(13)19(24)22-14-4-6-18(17(20)11-14)23-7-9-27-10-8-23/h3-6,11-12,21H,7-10H2,1-2H3,(H,22,24). The molecule has 0 spiro atoms. The van der Waals surface area contributed by atoms with Gasteiger partial charge in [0.25, 0.3) is 5.91 Å². The molecule has 2 N–H and O–H groups in total. The van der Waals surface area contributed by atoms with Crippen LogP contribution < -0.4 is 14.9 Å². The van der Waals surface area contributed by atoms with Gasteiger partial charge in [-0.3, -0.25) is 4.79 Å². The minimum atomic E-state index is -3.67. The third-order valence-corrected chi connectivity index (χ3v) is 6.00. The molecule has 0 aromatic heterocycles. The number of morpholine rings is 1. The minimum Gasteiger partial charge on any atom is -0.378 e. The number of benzene rings is 2. The van der Waals surface area contributed by atoms with E-state index in [4.69, 9.17) is 4.74 Å². The molecule has 0 saturated carbocycles. The Hall–Kier alpha value is -2.49. The van der Waals surface area contributed by atoms with Crippen LogP contribution in [0.5, 0.6) is 0 Å². The SMILES string of the molecule is CNS(=O)(=O)c1ccc(C)c(C(=O)Nc2ccc(N3CCOCC3)c(F)c2)c1. The Morgan fingerprint density at radius 1 is 1.14 bits per heavy atom. The van der Waals surface area contributed by atoms with Crippen molar-refractivity contribution in [1.29, 1.82) is 0 Å². The van der Waals surface area contributed by atoms with Gasteiger partial charge in [0.2, 0.25) is 10.0 Å². The Kier molecular flexibility index (Phi) is 5.97. The highest BCUT2D eigenvalue weighted by molar-refractivity contribution is 7.89. The van der Waals surface area contributed by atoms with Crippen molar-refractivity contribution in [2.75, 3.05) is 43.6 Å². The van der Waals surface area contributed by atoms with Gasteiger partial charge >= 0.3 is 0 Å². The van der Waals surface area contributed by atoms with Crippen LogP contribution in [0.4, 0.5) is 15.8 Å². The number of carbonyl (C=O) groups excluding carboxylic acids is 1. The van der Waals surface area contributed by atoms with Crippen molar-refractivity contribution in [1.82, 2.24) is 4.72 Å². The summed E-state index contributed by atoms with van der Waals surface area (Å²) < 4.78 is 45.9. The van der Waals surface area contributed by atoms with Crippen LogP contribution in [0.1, 0.15) is 15.9 Å². The molecule has 28 heavy (non-hydrogen) atoms. The van der Waals surface area contributed by atoms with Gasteiger partial charge in [-0.25, -0.2) is 17.5 Å². The Bertz CT molecular complexity index is 989. The second kappa shape index (κ2) is 8.26. The van der Waals surface area contributed by atoms with Crippen molar-refractivity contribution in [2.45, 2.75) is 11.8 Å². The Morgan fingerprint density at radius 2 is 1.86 bits per heavy atom. The molecular weight excluding hydrogens is 385 g/mol. The summed E-state index contributed by atoms with van der Waals surface area (Å²) in [5, 5.41) is 2.63. The van der Waals surface area contributed by atoms with E-state index in [0.717, 1.165) is 0 Å². The highest BCUT2D eigenvalue weighted by Gasteiger charge is 2.18. The molecule has 3 rings (SSSR count). The lowest BCUT2D eigenvalue weighted by atomic mass is 10.1. The predicted molar refractivity (Wildman–Crippen MR) is 105 cm³/mol. The second-order valence-corrected chi connectivity index (χ2v) is 8.29.